The normalized spacial score (nSPS) is 11.5. The van der Waals surface area contributed by atoms with Crippen molar-refractivity contribution in [1.29, 1.82) is 0 Å². The molecular weight excluding hydrogens is 234 g/mol. The van der Waals surface area contributed by atoms with Crippen molar-refractivity contribution in [2.24, 2.45) is 0 Å². The maximum atomic E-state index is 4.57. The molecule has 1 N–H and O–H groups in total. The van der Waals surface area contributed by atoms with Gasteiger partial charge in [0, 0.05) is 25.3 Å². The fourth-order valence-electron chi connectivity index (χ4n) is 2.15. The molecule has 0 bridgehead atoms. The van der Waals surface area contributed by atoms with E-state index in [4.69, 9.17) is 0 Å². The highest BCUT2D eigenvalue weighted by Gasteiger charge is 2.10. The van der Waals surface area contributed by atoms with Gasteiger partial charge in [-0.25, -0.2) is 0 Å². The van der Waals surface area contributed by atoms with Crippen LogP contribution in [0.3, 0.4) is 0 Å². The van der Waals surface area contributed by atoms with Gasteiger partial charge in [-0.15, -0.1) is 0 Å². The van der Waals surface area contributed by atoms with Gasteiger partial charge in [0.15, 0.2) is 0 Å². The molecule has 3 nitrogen and oxygen atoms in total. The minimum Gasteiger partial charge on any atom is -0.316 e. The third kappa shape index (κ3) is 6.17. The summed E-state index contributed by atoms with van der Waals surface area (Å²) in [6.07, 6.45) is 5.86. The van der Waals surface area contributed by atoms with Crippen molar-refractivity contribution < 1.29 is 0 Å². The van der Waals surface area contributed by atoms with Crippen molar-refractivity contribution >= 4 is 0 Å². The maximum absolute atomic E-state index is 4.57. The zero-order valence-electron chi connectivity index (χ0n) is 12.9. The molecule has 0 aromatic carbocycles. The lowest BCUT2D eigenvalue weighted by atomic mass is 10.2. The summed E-state index contributed by atoms with van der Waals surface area (Å²) in [5, 5.41) is 3.15. The van der Waals surface area contributed by atoms with E-state index in [-0.39, 0.29) is 0 Å². The van der Waals surface area contributed by atoms with Crippen LogP contribution < -0.4 is 5.32 Å². The van der Waals surface area contributed by atoms with E-state index in [1.807, 2.05) is 13.2 Å². The molecule has 0 aliphatic carbocycles. The molecule has 0 aliphatic rings. The molecule has 0 unspecified atom stereocenters. The summed E-state index contributed by atoms with van der Waals surface area (Å²) >= 11 is 0. The molecule has 1 rings (SSSR count). The monoisotopic (exact) mass is 263 g/mol. The van der Waals surface area contributed by atoms with E-state index in [2.05, 4.69) is 48.1 Å². The van der Waals surface area contributed by atoms with E-state index in [1.165, 1.54) is 37.1 Å². The van der Waals surface area contributed by atoms with Crippen LogP contribution >= 0.6 is 0 Å². The first kappa shape index (κ1) is 16.1. The molecule has 0 atom stereocenters. The lowest BCUT2D eigenvalue weighted by Crippen LogP contribution is -2.31. The van der Waals surface area contributed by atoms with Crippen molar-refractivity contribution in [3.63, 3.8) is 0 Å². The first-order valence-corrected chi connectivity index (χ1v) is 7.49. The predicted molar refractivity (Wildman–Crippen MR) is 82.1 cm³/mol. The van der Waals surface area contributed by atoms with Gasteiger partial charge in [-0.05, 0) is 45.5 Å². The van der Waals surface area contributed by atoms with Gasteiger partial charge in [0.2, 0.25) is 0 Å². The number of nitrogens with one attached hydrogen (secondary N) is 1. The highest BCUT2D eigenvalue weighted by atomic mass is 15.1. The van der Waals surface area contributed by atoms with Crippen LogP contribution in [0.5, 0.6) is 0 Å². The molecule has 19 heavy (non-hydrogen) atoms. The first-order valence-electron chi connectivity index (χ1n) is 7.49. The Morgan fingerprint density at radius 1 is 1.26 bits per heavy atom. The molecule has 1 heterocycles. The van der Waals surface area contributed by atoms with Crippen LogP contribution in [0.4, 0.5) is 0 Å². The average molecular weight is 263 g/mol. The summed E-state index contributed by atoms with van der Waals surface area (Å²) < 4.78 is 0. The third-order valence-electron chi connectivity index (χ3n) is 3.41. The summed E-state index contributed by atoms with van der Waals surface area (Å²) in [6, 6.07) is 4.90. The number of pyridine rings is 1. The van der Waals surface area contributed by atoms with Gasteiger partial charge in [-0.3, -0.25) is 9.88 Å². The SMILES string of the molecule is CCCCCN(Cc1ccc(CNC)cn1)C(C)C. The van der Waals surface area contributed by atoms with Crippen molar-refractivity contribution in [2.45, 2.75) is 59.2 Å². The van der Waals surface area contributed by atoms with Gasteiger partial charge in [-0.1, -0.05) is 25.8 Å². The summed E-state index contributed by atoms with van der Waals surface area (Å²) in [5.74, 6) is 0. The Balaban J connectivity index is 2.52. The molecular formula is C16H29N3. The van der Waals surface area contributed by atoms with Crippen LogP contribution in [0.1, 0.15) is 51.3 Å². The fourth-order valence-corrected chi connectivity index (χ4v) is 2.15. The number of unbranched alkanes of at least 4 members (excludes halogenated alkanes) is 2. The minimum absolute atomic E-state index is 0.579. The molecule has 1 aromatic heterocycles. The summed E-state index contributed by atoms with van der Waals surface area (Å²) in [7, 11) is 1.96. The van der Waals surface area contributed by atoms with Gasteiger partial charge < -0.3 is 5.32 Å². The van der Waals surface area contributed by atoms with Crippen LogP contribution in [-0.2, 0) is 13.1 Å². The van der Waals surface area contributed by atoms with E-state index >= 15 is 0 Å². The Morgan fingerprint density at radius 2 is 2.05 bits per heavy atom. The second-order valence-electron chi connectivity index (χ2n) is 5.46. The summed E-state index contributed by atoms with van der Waals surface area (Å²) in [6.45, 7) is 9.80. The van der Waals surface area contributed by atoms with Gasteiger partial charge >= 0.3 is 0 Å². The Kier molecular flexibility index (Phi) is 7.68. The smallest absolute Gasteiger partial charge is 0.0544 e. The van der Waals surface area contributed by atoms with E-state index in [0.29, 0.717) is 6.04 Å². The van der Waals surface area contributed by atoms with E-state index in [1.54, 1.807) is 0 Å². The molecule has 0 amide bonds. The van der Waals surface area contributed by atoms with Crippen molar-refractivity contribution in [3.8, 4) is 0 Å². The maximum Gasteiger partial charge on any atom is 0.0544 e. The van der Waals surface area contributed by atoms with Crippen LogP contribution in [-0.4, -0.2) is 29.5 Å². The topological polar surface area (TPSA) is 28.2 Å². The fraction of sp³-hybridized carbons (Fsp3) is 0.688. The number of rotatable bonds is 9. The second kappa shape index (κ2) is 9.05. The minimum atomic E-state index is 0.579. The molecule has 3 heteroatoms. The van der Waals surface area contributed by atoms with E-state index in [0.717, 1.165) is 13.1 Å². The number of nitrogens with zero attached hydrogens (tertiary/aromatic N) is 2. The van der Waals surface area contributed by atoms with Gasteiger partial charge in [0.1, 0.15) is 0 Å². The Morgan fingerprint density at radius 3 is 2.58 bits per heavy atom. The molecule has 108 valence electrons. The molecule has 0 fully saturated rings. The van der Waals surface area contributed by atoms with Gasteiger partial charge in [0.25, 0.3) is 0 Å². The Hall–Kier alpha value is -0.930. The van der Waals surface area contributed by atoms with E-state index in [9.17, 15) is 0 Å². The van der Waals surface area contributed by atoms with E-state index < -0.39 is 0 Å². The van der Waals surface area contributed by atoms with Crippen LogP contribution in [0.25, 0.3) is 0 Å². The standard InChI is InChI=1S/C16H29N3/c1-5-6-7-10-19(14(2)3)13-16-9-8-15(11-17-4)12-18-16/h8-9,12,14,17H,5-7,10-11,13H2,1-4H3. The van der Waals surface area contributed by atoms with Crippen LogP contribution in [0, 0.1) is 0 Å². The molecule has 1 aromatic rings. The Bertz CT molecular complexity index is 332. The molecule has 0 saturated carbocycles. The molecule has 0 radical (unpaired) electrons. The highest BCUT2D eigenvalue weighted by Crippen LogP contribution is 2.09. The lowest BCUT2D eigenvalue weighted by Gasteiger charge is -2.26. The number of aromatic nitrogens is 1. The summed E-state index contributed by atoms with van der Waals surface area (Å²) in [4.78, 5) is 7.08. The van der Waals surface area contributed by atoms with Gasteiger partial charge in [0.05, 0.1) is 5.69 Å². The van der Waals surface area contributed by atoms with Crippen LogP contribution in [0.2, 0.25) is 0 Å². The Labute approximate surface area is 118 Å². The molecule has 0 saturated heterocycles. The quantitative estimate of drug-likeness (QED) is 0.693. The van der Waals surface area contributed by atoms with Crippen molar-refractivity contribution in [3.05, 3.63) is 29.6 Å². The number of hydrogen-bond donors (Lipinski definition) is 1. The lowest BCUT2D eigenvalue weighted by molar-refractivity contribution is 0.206. The largest absolute Gasteiger partial charge is 0.316 e. The highest BCUT2D eigenvalue weighted by molar-refractivity contribution is 5.13. The predicted octanol–water partition coefficient (Wildman–Crippen LogP) is 3.20. The number of hydrogen-bond acceptors (Lipinski definition) is 3. The zero-order chi connectivity index (χ0) is 14.1. The van der Waals surface area contributed by atoms with Crippen molar-refractivity contribution in [2.75, 3.05) is 13.6 Å². The average Bonchev–Trinajstić information content (AvgIpc) is 2.40. The zero-order valence-corrected chi connectivity index (χ0v) is 12.9. The van der Waals surface area contributed by atoms with Gasteiger partial charge in [-0.2, -0.15) is 0 Å². The molecule has 0 aliphatic heterocycles. The summed E-state index contributed by atoms with van der Waals surface area (Å²) in [5.41, 5.74) is 2.42. The third-order valence-corrected chi connectivity index (χ3v) is 3.41. The molecule has 0 spiro atoms. The van der Waals surface area contributed by atoms with Crippen LogP contribution in [0.15, 0.2) is 18.3 Å². The van der Waals surface area contributed by atoms with Crippen molar-refractivity contribution in [1.82, 2.24) is 15.2 Å². The second-order valence-corrected chi connectivity index (χ2v) is 5.46. The first-order chi connectivity index (χ1) is 9.17.